The molecule has 0 aliphatic heterocycles. The summed E-state index contributed by atoms with van der Waals surface area (Å²) in [7, 11) is 0. The first-order valence-corrected chi connectivity index (χ1v) is 7.52. The third kappa shape index (κ3) is 4.04. The third-order valence-corrected chi connectivity index (χ3v) is 4.25. The van der Waals surface area contributed by atoms with Crippen molar-refractivity contribution in [1.29, 1.82) is 0 Å². The number of rotatable bonds is 3. The highest BCUT2D eigenvalue weighted by molar-refractivity contribution is 14.1. The van der Waals surface area contributed by atoms with Crippen LogP contribution in [0, 0.1) is 10.5 Å². The predicted octanol–water partition coefficient (Wildman–Crippen LogP) is 3.34. The van der Waals surface area contributed by atoms with Gasteiger partial charge in [0, 0.05) is 14.8 Å². The molecule has 0 spiro atoms. The Kier molecular flexibility index (Phi) is 4.95. The molecule has 2 rings (SSSR count). The fraction of sp³-hybridized carbons (Fsp3) is 0.125. The highest BCUT2D eigenvalue weighted by atomic mass is 127. The molecule has 0 aromatic heterocycles. The lowest BCUT2D eigenvalue weighted by atomic mass is 10.1. The maximum absolute atomic E-state index is 12.1. The zero-order valence-corrected chi connectivity index (χ0v) is 14.0. The SMILES string of the molecule is C/C(=N\NC(=O)c1ccc(C)c(I)c1)c1ccc(N)cc1. The van der Waals surface area contributed by atoms with Crippen molar-refractivity contribution in [1.82, 2.24) is 5.43 Å². The van der Waals surface area contributed by atoms with E-state index < -0.39 is 0 Å². The van der Waals surface area contributed by atoms with Crippen LogP contribution in [0.2, 0.25) is 0 Å². The topological polar surface area (TPSA) is 67.5 Å². The van der Waals surface area contributed by atoms with Crippen LogP contribution in [-0.2, 0) is 0 Å². The van der Waals surface area contributed by atoms with Gasteiger partial charge in [-0.1, -0.05) is 18.2 Å². The second kappa shape index (κ2) is 6.71. The first kappa shape index (κ1) is 15.5. The van der Waals surface area contributed by atoms with Crippen molar-refractivity contribution in [2.75, 3.05) is 5.73 Å². The Bertz CT molecular complexity index is 693. The van der Waals surface area contributed by atoms with Crippen LogP contribution in [0.3, 0.4) is 0 Å². The molecule has 0 bridgehead atoms. The van der Waals surface area contributed by atoms with E-state index in [9.17, 15) is 4.79 Å². The van der Waals surface area contributed by atoms with Crippen LogP contribution in [0.4, 0.5) is 5.69 Å². The fourth-order valence-corrected chi connectivity index (χ4v) is 2.24. The molecule has 2 aromatic rings. The number of hydrogen-bond acceptors (Lipinski definition) is 3. The zero-order valence-electron chi connectivity index (χ0n) is 11.9. The van der Waals surface area contributed by atoms with Gasteiger partial charge >= 0.3 is 0 Å². The van der Waals surface area contributed by atoms with E-state index >= 15 is 0 Å². The number of benzene rings is 2. The first-order chi connectivity index (χ1) is 9.97. The van der Waals surface area contributed by atoms with Crippen LogP contribution >= 0.6 is 22.6 Å². The molecule has 108 valence electrons. The van der Waals surface area contributed by atoms with Gasteiger partial charge < -0.3 is 5.73 Å². The molecule has 0 saturated heterocycles. The Balaban J connectivity index is 2.10. The summed E-state index contributed by atoms with van der Waals surface area (Å²) in [5.41, 5.74) is 12.3. The lowest BCUT2D eigenvalue weighted by Gasteiger charge is -2.05. The standard InChI is InChI=1S/C16H16IN3O/c1-10-3-4-13(9-15(10)17)16(21)20-19-11(2)12-5-7-14(18)8-6-12/h3-9H,18H2,1-2H3,(H,20,21)/b19-11+. The minimum absolute atomic E-state index is 0.220. The molecule has 0 fully saturated rings. The smallest absolute Gasteiger partial charge is 0.271 e. The van der Waals surface area contributed by atoms with Crippen molar-refractivity contribution in [3.63, 3.8) is 0 Å². The summed E-state index contributed by atoms with van der Waals surface area (Å²) in [6, 6.07) is 12.9. The molecule has 21 heavy (non-hydrogen) atoms. The number of carbonyl (C=O) groups is 1. The maximum Gasteiger partial charge on any atom is 0.271 e. The average molecular weight is 393 g/mol. The van der Waals surface area contributed by atoms with Gasteiger partial charge in [-0.05, 0) is 71.8 Å². The maximum atomic E-state index is 12.1. The largest absolute Gasteiger partial charge is 0.399 e. The summed E-state index contributed by atoms with van der Waals surface area (Å²) in [6.45, 7) is 3.84. The molecule has 0 saturated carbocycles. The van der Waals surface area contributed by atoms with Crippen molar-refractivity contribution < 1.29 is 4.79 Å². The summed E-state index contributed by atoms with van der Waals surface area (Å²) in [4.78, 5) is 12.1. The molecule has 0 unspecified atom stereocenters. The first-order valence-electron chi connectivity index (χ1n) is 6.44. The summed E-state index contributed by atoms with van der Waals surface area (Å²) < 4.78 is 1.06. The van der Waals surface area contributed by atoms with E-state index in [-0.39, 0.29) is 5.91 Å². The van der Waals surface area contributed by atoms with Crippen molar-refractivity contribution in [2.24, 2.45) is 5.10 Å². The highest BCUT2D eigenvalue weighted by Gasteiger charge is 2.06. The molecule has 1 amide bonds. The summed E-state index contributed by atoms with van der Waals surface area (Å²) in [5, 5.41) is 4.13. The van der Waals surface area contributed by atoms with E-state index in [1.54, 1.807) is 18.2 Å². The van der Waals surface area contributed by atoms with E-state index in [0.29, 0.717) is 11.3 Å². The van der Waals surface area contributed by atoms with Gasteiger partial charge in [-0.2, -0.15) is 5.10 Å². The Morgan fingerprint density at radius 2 is 1.76 bits per heavy atom. The van der Waals surface area contributed by atoms with Crippen LogP contribution in [0.1, 0.15) is 28.4 Å². The number of halogens is 1. The molecular weight excluding hydrogens is 377 g/mol. The van der Waals surface area contributed by atoms with Gasteiger partial charge in [0.2, 0.25) is 0 Å². The van der Waals surface area contributed by atoms with Gasteiger partial charge in [-0.15, -0.1) is 0 Å². The second-order valence-electron chi connectivity index (χ2n) is 4.72. The molecule has 0 aliphatic rings. The number of nitrogens with two attached hydrogens (primary N) is 1. The lowest BCUT2D eigenvalue weighted by molar-refractivity contribution is 0.0955. The van der Waals surface area contributed by atoms with Crippen molar-refractivity contribution >= 4 is 39.9 Å². The van der Waals surface area contributed by atoms with Gasteiger partial charge in [0.05, 0.1) is 5.71 Å². The van der Waals surface area contributed by atoms with Crippen LogP contribution in [0.5, 0.6) is 0 Å². The minimum atomic E-state index is -0.220. The minimum Gasteiger partial charge on any atom is -0.399 e. The van der Waals surface area contributed by atoms with Crippen LogP contribution in [0.25, 0.3) is 0 Å². The van der Waals surface area contributed by atoms with E-state index in [1.165, 1.54) is 0 Å². The van der Waals surface area contributed by atoms with Gasteiger partial charge in [-0.3, -0.25) is 4.79 Å². The molecule has 3 N–H and O–H groups in total. The monoisotopic (exact) mass is 393 g/mol. The van der Waals surface area contributed by atoms with Crippen LogP contribution in [-0.4, -0.2) is 11.6 Å². The summed E-state index contributed by atoms with van der Waals surface area (Å²) in [5.74, 6) is -0.220. The van der Waals surface area contributed by atoms with Crippen molar-refractivity contribution in [3.05, 3.63) is 62.7 Å². The van der Waals surface area contributed by atoms with Gasteiger partial charge in [0.25, 0.3) is 5.91 Å². The normalized spacial score (nSPS) is 11.3. The van der Waals surface area contributed by atoms with Crippen molar-refractivity contribution in [3.8, 4) is 0 Å². The average Bonchev–Trinajstić information content (AvgIpc) is 2.48. The number of carbonyl (C=O) groups excluding carboxylic acids is 1. The van der Waals surface area contributed by atoms with Gasteiger partial charge in [-0.25, -0.2) is 5.43 Å². The molecule has 4 nitrogen and oxygen atoms in total. The summed E-state index contributed by atoms with van der Waals surface area (Å²) in [6.07, 6.45) is 0. The Labute approximate surface area is 137 Å². The number of amides is 1. The Morgan fingerprint density at radius 3 is 2.38 bits per heavy atom. The van der Waals surface area contributed by atoms with Gasteiger partial charge in [0.15, 0.2) is 0 Å². The van der Waals surface area contributed by atoms with Crippen molar-refractivity contribution in [2.45, 2.75) is 13.8 Å². The lowest BCUT2D eigenvalue weighted by Crippen LogP contribution is -2.19. The zero-order chi connectivity index (χ0) is 15.4. The molecule has 2 aromatic carbocycles. The quantitative estimate of drug-likeness (QED) is 0.364. The van der Waals surface area contributed by atoms with Crippen LogP contribution < -0.4 is 11.2 Å². The molecular formula is C16H16IN3O. The van der Waals surface area contributed by atoms with Crippen LogP contribution in [0.15, 0.2) is 47.6 Å². The molecule has 0 radical (unpaired) electrons. The number of hydrazone groups is 1. The number of nitrogens with one attached hydrogen (secondary N) is 1. The number of aryl methyl sites for hydroxylation is 1. The number of hydrogen-bond donors (Lipinski definition) is 2. The molecule has 0 atom stereocenters. The number of nitrogens with zero attached hydrogens (tertiary/aromatic N) is 1. The number of anilines is 1. The number of nitrogen functional groups attached to an aromatic ring is 1. The van der Waals surface area contributed by atoms with E-state index in [2.05, 4.69) is 33.1 Å². The fourth-order valence-electron chi connectivity index (χ4n) is 1.72. The van der Waals surface area contributed by atoms with E-state index in [1.807, 2.05) is 38.1 Å². The van der Waals surface area contributed by atoms with E-state index in [0.717, 1.165) is 20.4 Å². The molecule has 0 heterocycles. The highest BCUT2D eigenvalue weighted by Crippen LogP contribution is 2.13. The molecule has 0 aliphatic carbocycles. The predicted molar refractivity (Wildman–Crippen MR) is 94.4 cm³/mol. The van der Waals surface area contributed by atoms with Gasteiger partial charge in [0.1, 0.15) is 0 Å². The summed E-state index contributed by atoms with van der Waals surface area (Å²) >= 11 is 2.21. The second-order valence-corrected chi connectivity index (χ2v) is 5.89. The molecule has 5 heteroatoms. The Hall–Kier alpha value is -1.89. The third-order valence-electron chi connectivity index (χ3n) is 3.09. The van der Waals surface area contributed by atoms with E-state index in [4.69, 9.17) is 5.73 Å². The Morgan fingerprint density at radius 1 is 1.14 bits per heavy atom.